The van der Waals surface area contributed by atoms with Crippen molar-refractivity contribution in [1.29, 1.82) is 0 Å². The second-order valence-corrected chi connectivity index (χ2v) is 6.19. The molecule has 0 radical (unpaired) electrons. The molecule has 1 saturated heterocycles. The molecule has 1 aromatic rings. The Labute approximate surface area is 139 Å². The number of amides is 1. The van der Waals surface area contributed by atoms with Gasteiger partial charge in [0, 0.05) is 13.1 Å². The van der Waals surface area contributed by atoms with Crippen LogP contribution < -0.4 is 5.32 Å². The standard InChI is InChI=1S/C15H27N5O.ClH/c1-5-19(10-11(2)3)15(21)14-12(4)20(18-17-14)13-6-8-16-9-7-13;/h11,13,16H,5-10H2,1-4H3;1H. The average molecular weight is 330 g/mol. The van der Waals surface area contributed by atoms with Gasteiger partial charge < -0.3 is 10.2 Å². The number of nitrogens with one attached hydrogen (secondary N) is 1. The van der Waals surface area contributed by atoms with Crippen molar-refractivity contribution in [2.45, 2.75) is 46.6 Å². The predicted octanol–water partition coefficient (Wildman–Crippen LogP) is 2.05. The summed E-state index contributed by atoms with van der Waals surface area (Å²) in [5.74, 6) is 0.456. The molecular weight excluding hydrogens is 302 g/mol. The summed E-state index contributed by atoms with van der Waals surface area (Å²) >= 11 is 0. The van der Waals surface area contributed by atoms with E-state index in [1.165, 1.54) is 0 Å². The van der Waals surface area contributed by atoms with Gasteiger partial charge in [0.05, 0.1) is 11.7 Å². The van der Waals surface area contributed by atoms with E-state index < -0.39 is 0 Å². The molecule has 1 aliphatic heterocycles. The summed E-state index contributed by atoms with van der Waals surface area (Å²) in [6, 6.07) is 0.362. The van der Waals surface area contributed by atoms with Gasteiger partial charge in [-0.1, -0.05) is 19.1 Å². The zero-order chi connectivity index (χ0) is 15.4. The smallest absolute Gasteiger partial charge is 0.276 e. The Balaban J connectivity index is 0.00000242. The Morgan fingerprint density at radius 2 is 2.05 bits per heavy atom. The molecule has 0 aromatic carbocycles. The third-order valence-electron chi connectivity index (χ3n) is 4.04. The van der Waals surface area contributed by atoms with E-state index in [0.29, 0.717) is 24.2 Å². The van der Waals surface area contributed by atoms with Gasteiger partial charge in [0.2, 0.25) is 0 Å². The van der Waals surface area contributed by atoms with E-state index in [1.54, 1.807) is 0 Å². The molecule has 0 spiro atoms. The summed E-state index contributed by atoms with van der Waals surface area (Å²) in [6.45, 7) is 11.7. The van der Waals surface area contributed by atoms with Crippen LogP contribution in [0.3, 0.4) is 0 Å². The minimum Gasteiger partial charge on any atom is -0.337 e. The Bertz CT molecular complexity index is 482. The first-order chi connectivity index (χ1) is 10.0. The van der Waals surface area contributed by atoms with Gasteiger partial charge in [-0.3, -0.25) is 4.79 Å². The van der Waals surface area contributed by atoms with Gasteiger partial charge in [-0.25, -0.2) is 4.68 Å². The quantitative estimate of drug-likeness (QED) is 0.898. The van der Waals surface area contributed by atoms with E-state index in [4.69, 9.17) is 0 Å². The van der Waals surface area contributed by atoms with E-state index >= 15 is 0 Å². The zero-order valence-corrected chi connectivity index (χ0v) is 14.8. The van der Waals surface area contributed by atoms with Crippen molar-refractivity contribution in [2.75, 3.05) is 26.2 Å². The number of hydrogen-bond donors (Lipinski definition) is 1. The minimum absolute atomic E-state index is 0. The lowest BCUT2D eigenvalue weighted by Gasteiger charge is -2.24. The third kappa shape index (κ3) is 4.20. The van der Waals surface area contributed by atoms with Gasteiger partial charge in [-0.15, -0.1) is 17.5 Å². The van der Waals surface area contributed by atoms with Crippen LogP contribution >= 0.6 is 12.4 Å². The van der Waals surface area contributed by atoms with Crippen LogP contribution in [0.25, 0.3) is 0 Å². The Kier molecular flexibility index (Phi) is 7.29. The molecule has 7 heteroatoms. The monoisotopic (exact) mass is 329 g/mol. The Morgan fingerprint density at radius 1 is 1.41 bits per heavy atom. The van der Waals surface area contributed by atoms with Crippen LogP contribution in [0.1, 0.15) is 55.8 Å². The number of nitrogens with zero attached hydrogens (tertiary/aromatic N) is 4. The van der Waals surface area contributed by atoms with Crippen molar-refractivity contribution in [3.05, 3.63) is 11.4 Å². The first-order valence-corrected chi connectivity index (χ1v) is 7.96. The second kappa shape index (κ2) is 8.48. The number of hydrogen-bond acceptors (Lipinski definition) is 4. The van der Waals surface area contributed by atoms with E-state index in [1.807, 2.05) is 23.4 Å². The summed E-state index contributed by atoms with van der Waals surface area (Å²) < 4.78 is 1.94. The fraction of sp³-hybridized carbons (Fsp3) is 0.800. The van der Waals surface area contributed by atoms with Gasteiger partial charge in [-0.05, 0) is 45.7 Å². The first-order valence-electron chi connectivity index (χ1n) is 7.96. The summed E-state index contributed by atoms with van der Waals surface area (Å²) in [5, 5.41) is 11.8. The molecule has 2 rings (SSSR count). The van der Waals surface area contributed by atoms with Crippen molar-refractivity contribution in [2.24, 2.45) is 5.92 Å². The molecule has 2 heterocycles. The van der Waals surface area contributed by atoms with E-state index in [-0.39, 0.29) is 18.3 Å². The van der Waals surface area contributed by atoms with E-state index in [0.717, 1.165) is 38.2 Å². The van der Waals surface area contributed by atoms with Crippen molar-refractivity contribution >= 4 is 18.3 Å². The molecule has 1 aromatic heterocycles. The number of piperidine rings is 1. The molecule has 0 saturated carbocycles. The SMILES string of the molecule is CCN(CC(C)C)C(=O)c1nnn(C2CCNCC2)c1C.Cl. The molecule has 0 aliphatic carbocycles. The number of rotatable bonds is 5. The van der Waals surface area contributed by atoms with Crippen molar-refractivity contribution in [3.63, 3.8) is 0 Å². The van der Waals surface area contributed by atoms with Crippen molar-refractivity contribution in [1.82, 2.24) is 25.2 Å². The highest BCUT2D eigenvalue weighted by atomic mass is 35.5. The predicted molar refractivity (Wildman–Crippen MR) is 89.6 cm³/mol. The summed E-state index contributed by atoms with van der Waals surface area (Å²) in [7, 11) is 0. The molecule has 22 heavy (non-hydrogen) atoms. The van der Waals surface area contributed by atoms with Gasteiger partial charge >= 0.3 is 0 Å². The lowest BCUT2D eigenvalue weighted by atomic mass is 10.1. The number of carbonyl (C=O) groups excluding carboxylic acids is 1. The van der Waals surface area contributed by atoms with E-state index in [9.17, 15) is 4.79 Å². The normalized spacial score (nSPS) is 15.7. The summed E-state index contributed by atoms with van der Waals surface area (Å²) in [5.41, 5.74) is 1.41. The molecule has 1 fully saturated rings. The molecule has 0 unspecified atom stereocenters. The Morgan fingerprint density at radius 3 is 2.59 bits per heavy atom. The summed E-state index contributed by atoms with van der Waals surface area (Å²) in [6.07, 6.45) is 2.09. The van der Waals surface area contributed by atoms with Crippen LogP contribution in [0.15, 0.2) is 0 Å². The van der Waals surface area contributed by atoms with Crippen LogP contribution in [0, 0.1) is 12.8 Å². The fourth-order valence-electron chi connectivity index (χ4n) is 2.88. The maximum atomic E-state index is 12.6. The fourth-order valence-corrected chi connectivity index (χ4v) is 2.88. The van der Waals surface area contributed by atoms with Crippen LogP contribution in [0.5, 0.6) is 0 Å². The number of halogens is 1. The van der Waals surface area contributed by atoms with Crippen LogP contribution in [-0.4, -0.2) is 52.0 Å². The highest BCUT2D eigenvalue weighted by molar-refractivity contribution is 5.93. The molecule has 0 bridgehead atoms. The lowest BCUT2D eigenvalue weighted by Crippen LogP contribution is -2.35. The van der Waals surface area contributed by atoms with Gasteiger partial charge in [0.15, 0.2) is 5.69 Å². The molecule has 6 nitrogen and oxygen atoms in total. The molecular formula is C15H28ClN5O. The number of carbonyl (C=O) groups is 1. The maximum Gasteiger partial charge on any atom is 0.276 e. The zero-order valence-electron chi connectivity index (χ0n) is 14.0. The number of aromatic nitrogens is 3. The van der Waals surface area contributed by atoms with Crippen LogP contribution in [0.2, 0.25) is 0 Å². The summed E-state index contributed by atoms with van der Waals surface area (Å²) in [4.78, 5) is 14.5. The average Bonchev–Trinajstić information content (AvgIpc) is 2.86. The Hall–Kier alpha value is -1.14. The molecule has 1 N–H and O–H groups in total. The topological polar surface area (TPSA) is 63.1 Å². The highest BCUT2D eigenvalue weighted by Gasteiger charge is 2.25. The van der Waals surface area contributed by atoms with Gasteiger partial charge in [0.1, 0.15) is 0 Å². The maximum absolute atomic E-state index is 12.6. The molecule has 1 amide bonds. The largest absolute Gasteiger partial charge is 0.337 e. The lowest BCUT2D eigenvalue weighted by molar-refractivity contribution is 0.0739. The molecule has 1 aliphatic rings. The molecule has 126 valence electrons. The minimum atomic E-state index is 0. The van der Waals surface area contributed by atoms with E-state index in [2.05, 4.69) is 29.5 Å². The second-order valence-electron chi connectivity index (χ2n) is 6.19. The van der Waals surface area contributed by atoms with Crippen molar-refractivity contribution < 1.29 is 4.79 Å². The molecule has 0 atom stereocenters. The third-order valence-corrected chi connectivity index (χ3v) is 4.04. The van der Waals surface area contributed by atoms with Crippen molar-refractivity contribution in [3.8, 4) is 0 Å². The van der Waals surface area contributed by atoms with Crippen LogP contribution in [-0.2, 0) is 0 Å². The van der Waals surface area contributed by atoms with Gasteiger partial charge in [-0.2, -0.15) is 0 Å². The first kappa shape index (κ1) is 18.9. The van der Waals surface area contributed by atoms with Crippen LogP contribution in [0.4, 0.5) is 0 Å². The van der Waals surface area contributed by atoms with Gasteiger partial charge in [0.25, 0.3) is 5.91 Å². The highest BCUT2D eigenvalue weighted by Crippen LogP contribution is 2.21.